The van der Waals surface area contributed by atoms with Crippen molar-refractivity contribution in [2.75, 3.05) is 18.8 Å². The topological polar surface area (TPSA) is 12.0 Å². The molecule has 0 aromatic carbocycles. The SMILES string of the molecule is FC1C2CNCC1SC2. The summed E-state index contributed by atoms with van der Waals surface area (Å²) in [5.41, 5.74) is 0. The van der Waals surface area contributed by atoms with Crippen LogP contribution in [0, 0.1) is 5.92 Å². The van der Waals surface area contributed by atoms with E-state index in [1.54, 1.807) is 11.8 Å². The summed E-state index contributed by atoms with van der Waals surface area (Å²) >= 11 is 1.78. The third-order valence-corrected chi connectivity index (χ3v) is 3.56. The standard InChI is InChI=1S/C6H10FNS/c7-6-4-1-8-2-5(6)9-3-4/h4-6,8H,1-3H2. The molecule has 2 aliphatic heterocycles. The normalized spacial score (nSPS) is 49.7. The summed E-state index contributed by atoms with van der Waals surface area (Å²) in [6, 6.07) is 0. The van der Waals surface area contributed by atoms with Gasteiger partial charge in [0.2, 0.25) is 0 Å². The van der Waals surface area contributed by atoms with Crippen LogP contribution in [0.3, 0.4) is 0 Å². The zero-order valence-electron chi connectivity index (χ0n) is 5.14. The molecule has 2 aliphatic rings. The summed E-state index contributed by atoms with van der Waals surface area (Å²) in [4.78, 5) is 0. The quantitative estimate of drug-likeness (QED) is 0.540. The van der Waals surface area contributed by atoms with Gasteiger partial charge in [0.05, 0.1) is 0 Å². The van der Waals surface area contributed by atoms with Crippen LogP contribution in [-0.2, 0) is 0 Å². The van der Waals surface area contributed by atoms with Gasteiger partial charge in [0.1, 0.15) is 6.17 Å². The van der Waals surface area contributed by atoms with Crippen LogP contribution in [-0.4, -0.2) is 30.3 Å². The number of piperidine rings is 1. The molecule has 2 fully saturated rings. The smallest absolute Gasteiger partial charge is 0.118 e. The predicted octanol–water partition coefficient (Wildman–Crippen LogP) is 0.659. The Morgan fingerprint density at radius 1 is 1.44 bits per heavy atom. The van der Waals surface area contributed by atoms with Gasteiger partial charge >= 0.3 is 0 Å². The van der Waals surface area contributed by atoms with Gasteiger partial charge in [0.25, 0.3) is 0 Å². The van der Waals surface area contributed by atoms with Gasteiger partial charge in [-0.25, -0.2) is 4.39 Å². The van der Waals surface area contributed by atoms with Gasteiger partial charge in [-0.15, -0.1) is 0 Å². The van der Waals surface area contributed by atoms with E-state index in [0.717, 1.165) is 18.8 Å². The third kappa shape index (κ3) is 0.867. The molecule has 0 aromatic heterocycles. The van der Waals surface area contributed by atoms with Crippen molar-refractivity contribution in [2.24, 2.45) is 5.92 Å². The lowest BCUT2D eigenvalue weighted by molar-refractivity contribution is 0.217. The molecule has 1 N–H and O–H groups in total. The molecule has 0 radical (unpaired) electrons. The monoisotopic (exact) mass is 147 g/mol. The first-order chi connectivity index (χ1) is 4.38. The summed E-state index contributed by atoms with van der Waals surface area (Å²) in [5.74, 6) is 1.34. The lowest BCUT2D eigenvalue weighted by Crippen LogP contribution is -2.42. The first kappa shape index (κ1) is 5.98. The Kier molecular flexibility index (Phi) is 1.42. The summed E-state index contributed by atoms with van der Waals surface area (Å²) in [7, 11) is 0. The fourth-order valence-corrected chi connectivity index (χ4v) is 2.93. The summed E-state index contributed by atoms with van der Waals surface area (Å²) in [6.45, 7) is 1.77. The molecule has 9 heavy (non-hydrogen) atoms. The Labute approximate surface area is 58.4 Å². The van der Waals surface area contributed by atoms with E-state index in [-0.39, 0.29) is 5.25 Å². The fraction of sp³-hybridized carbons (Fsp3) is 1.00. The maximum atomic E-state index is 13.0. The van der Waals surface area contributed by atoms with Crippen molar-refractivity contribution >= 4 is 11.8 Å². The van der Waals surface area contributed by atoms with E-state index in [4.69, 9.17) is 0 Å². The minimum Gasteiger partial charge on any atom is -0.315 e. The number of rotatable bonds is 0. The molecule has 3 heteroatoms. The highest BCUT2D eigenvalue weighted by molar-refractivity contribution is 8.00. The van der Waals surface area contributed by atoms with Crippen LogP contribution in [0.2, 0.25) is 0 Å². The Hall–Kier alpha value is 0.240. The molecule has 3 unspecified atom stereocenters. The molecule has 3 atom stereocenters. The first-order valence-electron chi connectivity index (χ1n) is 3.34. The van der Waals surface area contributed by atoms with E-state index in [1.165, 1.54) is 0 Å². The average Bonchev–Trinajstić information content (AvgIpc) is 2.19. The number of thioether (sulfide) groups is 1. The van der Waals surface area contributed by atoms with Crippen molar-refractivity contribution in [1.82, 2.24) is 5.32 Å². The van der Waals surface area contributed by atoms with Crippen molar-refractivity contribution in [3.8, 4) is 0 Å². The molecule has 0 amide bonds. The molecule has 2 bridgehead atoms. The molecule has 0 aromatic rings. The van der Waals surface area contributed by atoms with E-state index in [1.807, 2.05) is 0 Å². The van der Waals surface area contributed by atoms with Crippen LogP contribution in [0.5, 0.6) is 0 Å². The molecular formula is C6H10FNS. The Morgan fingerprint density at radius 2 is 2.33 bits per heavy atom. The minimum absolute atomic E-state index is 0.267. The Balaban J connectivity index is 2.10. The van der Waals surface area contributed by atoms with Crippen LogP contribution in [0.1, 0.15) is 0 Å². The maximum Gasteiger partial charge on any atom is 0.118 e. The molecule has 2 rings (SSSR count). The van der Waals surface area contributed by atoms with Crippen molar-refractivity contribution in [1.29, 1.82) is 0 Å². The summed E-state index contributed by atoms with van der Waals surface area (Å²) in [6.07, 6.45) is -0.517. The van der Waals surface area contributed by atoms with Crippen LogP contribution in [0.25, 0.3) is 0 Å². The van der Waals surface area contributed by atoms with Crippen LogP contribution in [0.15, 0.2) is 0 Å². The van der Waals surface area contributed by atoms with Gasteiger partial charge < -0.3 is 5.32 Å². The van der Waals surface area contributed by atoms with Crippen molar-refractivity contribution in [2.45, 2.75) is 11.4 Å². The van der Waals surface area contributed by atoms with Crippen LogP contribution in [0.4, 0.5) is 4.39 Å². The van der Waals surface area contributed by atoms with Crippen molar-refractivity contribution in [3.63, 3.8) is 0 Å². The molecule has 0 saturated carbocycles. The third-order valence-electron chi connectivity index (χ3n) is 2.08. The first-order valence-corrected chi connectivity index (χ1v) is 4.39. The zero-order chi connectivity index (χ0) is 6.27. The molecular weight excluding hydrogens is 137 g/mol. The second kappa shape index (κ2) is 2.13. The zero-order valence-corrected chi connectivity index (χ0v) is 5.96. The molecule has 1 nitrogen and oxygen atoms in total. The van der Waals surface area contributed by atoms with E-state index in [2.05, 4.69) is 5.32 Å². The largest absolute Gasteiger partial charge is 0.315 e. The van der Waals surface area contributed by atoms with Crippen molar-refractivity contribution in [3.05, 3.63) is 0 Å². The van der Waals surface area contributed by atoms with E-state index >= 15 is 0 Å². The predicted molar refractivity (Wildman–Crippen MR) is 37.5 cm³/mol. The second-order valence-electron chi connectivity index (χ2n) is 2.73. The highest BCUT2D eigenvalue weighted by atomic mass is 32.2. The number of fused-ring (bicyclic) bond motifs is 2. The van der Waals surface area contributed by atoms with Crippen LogP contribution < -0.4 is 5.32 Å². The lowest BCUT2D eigenvalue weighted by atomic mass is 10.0. The summed E-state index contributed by atoms with van der Waals surface area (Å²) in [5, 5.41) is 3.48. The van der Waals surface area contributed by atoms with Gasteiger partial charge in [0, 0.05) is 30.0 Å². The van der Waals surface area contributed by atoms with E-state index in [9.17, 15) is 4.39 Å². The average molecular weight is 147 g/mol. The highest BCUT2D eigenvalue weighted by Crippen LogP contribution is 2.35. The molecule has 52 valence electrons. The van der Waals surface area contributed by atoms with Gasteiger partial charge in [-0.1, -0.05) is 0 Å². The van der Waals surface area contributed by atoms with E-state index in [0.29, 0.717) is 5.92 Å². The molecule has 2 saturated heterocycles. The number of hydrogen-bond acceptors (Lipinski definition) is 2. The van der Waals surface area contributed by atoms with Crippen LogP contribution >= 0.6 is 11.8 Å². The van der Waals surface area contributed by atoms with Gasteiger partial charge in [0.15, 0.2) is 0 Å². The maximum absolute atomic E-state index is 13.0. The lowest BCUT2D eigenvalue weighted by Gasteiger charge is -2.22. The van der Waals surface area contributed by atoms with Crippen molar-refractivity contribution < 1.29 is 4.39 Å². The number of halogens is 1. The number of nitrogens with one attached hydrogen (secondary N) is 1. The van der Waals surface area contributed by atoms with Gasteiger partial charge in [-0.05, 0) is 0 Å². The number of alkyl halides is 1. The highest BCUT2D eigenvalue weighted by Gasteiger charge is 2.39. The molecule has 0 aliphatic carbocycles. The summed E-state index contributed by atoms with van der Waals surface area (Å²) < 4.78 is 13.0. The Morgan fingerprint density at radius 3 is 3.00 bits per heavy atom. The minimum atomic E-state index is -0.517. The molecule has 2 heterocycles. The fourth-order valence-electron chi connectivity index (χ4n) is 1.49. The van der Waals surface area contributed by atoms with Gasteiger partial charge in [-0.3, -0.25) is 0 Å². The van der Waals surface area contributed by atoms with Gasteiger partial charge in [-0.2, -0.15) is 11.8 Å². The Bertz CT molecular complexity index is 104. The second-order valence-corrected chi connectivity index (χ2v) is 4.01. The van der Waals surface area contributed by atoms with E-state index < -0.39 is 6.17 Å². The number of hydrogen-bond donors (Lipinski definition) is 1. The molecule has 0 spiro atoms.